The lowest BCUT2D eigenvalue weighted by Gasteiger charge is -2.00. The second kappa shape index (κ2) is 1.18. The van der Waals surface area contributed by atoms with Gasteiger partial charge in [0.15, 0.2) is 0 Å². The van der Waals surface area contributed by atoms with Gasteiger partial charge >= 0.3 is 0 Å². The van der Waals surface area contributed by atoms with Gasteiger partial charge in [0.1, 0.15) is 6.54 Å². The van der Waals surface area contributed by atoms with E-state index >= 15 is 0 Å². The SMILES string of the molecule is C1C[NH+]2OC2CN1. The normalized spacial score (nSPS) is 48.0. The van der Waals surface area contributed by atoms with E-state index in [2.05, 4.69) is 5.32 Å². The van der Waals surface area contributed by atoms with E-state index in [1.54, 1.807) is 0 Å². The van der Waals surface area contributed by atoms with Gasteiger partial charge in [0, 0.05) is 6.54 Å². The Labute approximate surface area is 42.2 Å². The molecule has 2 atom stereocenters. The number of hydroxylamine groups is 2. The highest BCUT2D eigenvalue weighted by atomic mass is 16.8. The molecular weight excluding hydrogens is 92.1 g/mol. The van der Waals surface area contributed by atoms with E-state index in [9.17, 15) is 0 Å². The van der Waals surface area contributed by atoms with Crippen LogP contribution in [0.5, 0.6) is 0 Å². The molecule has 0 aromatic carbocycles. The Kier molecular flexibility index (Phi) is 0.647. The van der Waals surface area contributed by atoms with E-state index in [1.807, 2.05) is 0 Å². The van der Waals surface area contributed by atoms with Gasteiger partial charge in [-0.25, -0.2) is 0 Å². The van der Waals surface area contributed by atoms with Crippen molar-refractivity contribution in [2.75, 3.05) is 19.6 Å². The van der Waals surface area contributed by atoms with Crippen LogP contribution in [0, 0.1) is 0 Å². The van der Waals surface area contributed by atoms with Crippen LogP contribution in [0.15, 0.2) is 0 Å². The molecule has 0 radical (unpaired) electrons. The summed E-state index contributed by atoms with van der Waals surface area (Å²) in [5.74, 6) is 0. The van der Waals surface area contributed by atoms with Crippen molar-refractivity contribution in [3.05, 3.63) is 0 Å². The topological polar surface area (TPSA) is 29.0 Å². The largest absolute Gasteiger partial charge is 0.303 e. The van der Waals surface area contributed by atoms with Crippen molar-refractivity contribution in [1.29, 1.82) is 0 Å². The van der Waals surface area contributed by atoms with Crippen LogP contribution in [0.25, 0.3) is 0 Å². The van der Waals surface area contributed by atoms with Gasteiger partial charge in [-0.2, -0.15) is 5.06 Å². The van der Waals surface area contributed by atoms with Crippen LogP contribution in [0.1, 0.15) is 0 Å². The predicted octanol–water partition coefficient (Wildman–Crippen LogP) is -2.25. The second-order valence-electron chi connectivity index (χ2n) is 2.03. The first kappa shape index (κ1) is 3.83. The maximum absolute atomic E-state index is 5.13. The Hall–Kier alpha value is -0.120. The molecule has 0 aromatic heterocycles. The van der Waals surface area contributed by atoms with E-state index in [1.165, 1.54) is 5.06 Å². The van der Waals surface area contributed by atoms with E-state index in [0.29, 0.717) is 6.23 Å². The second-order valence-corrected chi connectivity index (χ2v) is 2.03. The molecule has 0 amide bonds. The Morgan fingerprint density at radius 1 is 1.71 bits per heavy atom. The molecule has 3 nitrogen and oxygen atoms in total. The third kappa shape index (κ3) is 0.534. The minimum atomic E-state index is 0.508. The minimum absolute atomic E-state index is 0.508. The van der Waals surface area contributed by atoms with Crippen LogP contribution in [-0.4, -0.2) is 25.9 Å². The summed E-state index contributed by atoms with van der Waals surface area (Å²) in [5, 5.41) is 4.55. The first-order chi connectivity index (χ1) is 3.47. The molecule has 2 rings (SSSR count). The van der Waals surface area contributed by atoms with E-state index in [-0.39, 0.29) is 0 Å². The molecule has 2 N–H and O–H groups in total. The Morgan fingerprint density at radius 3 is 3.29 bits per heavy atom. The van der Waals surface area contributed by atoms with Gasteiger partial charge in [-0.3, -0.25) is 0 Å². The first-order valence-corrected chi connectivity index (χ1v) is 2.70. The predicted molar refractivity (Wildman–Crippen MR) is 23.6 cm³/mol. The highest BCUT2D eigenvalue weighted by molar-refractivity contribution is 4.57. The number of hydrogen-bond acceptors (Lipinski definition) is 2. The fourth-order valence-electron chi connectivity index (χ4n) is 0.969. The monoisotopic (exact) mass is 101 g/mol. The zero-order chi connectivity index (χ0) is 4.69. The quantitative estimate of drug-likeness (QED) is 0.337. The summed E-state index contributed by atoms with van der Waals surface area (Å²) in [7, 11) is 0. The molecular formula is C4H9N2O+. The molecule has 3 heteroatoms. The smallest absolute Gasteiger partial charge is 0.285 e. The summed E-state index contributed by atoms with van der Waals surface area (Å²) in [5.41, 5.74) is 0. The van der Waals surface area contributed by atoms with Crippen LogP contribution in [0.3, 0.4) is 0 Å². The van der Waals surface area contributed by atoms with Gasteiger partial charge in [-0.15, -0.1) is 4.84 Å². The molecule has 0 aromatic rings. The third-order valence-electron chi connectivity index (χ3n) is 1.47. The summed E-state index contributed by atoms with van der Waals surface area (Å²) in [6.07, 6.45) is 0.508. The van der Waals surface area contributed by atoms with Gasteiger partial charge in [0.05, 0.1) is 6.54 Å². The Morgan fingerprint density at radius 2 is 2.71 bits per heavy atom. The van der Waals surface area contributed by atoms with E-state index in [4.69, 9.17) is 4.84 Å². The van der Waals surface area contributed by atoms with Crippen LogP contribution >= 0.6 is 0 Å². The van der Waals surface area contributed by atoms with E-state index in [0.717, 1.165) is 19.6 Å². The minimum Gasteiger partial charge on any atom is -0.303 e. The van der Waals surface area contributed by atoms with Gasteiger partial charge in [0.2, 0.25) is 0 Å². The molecule has 2 saturated heterocycles. The average Bonchev–Trinajstić information content (AvgIpc) is 2.41. The molecule has 40 valence electrons. The van der Waals surface area contributed by atoms with Crippen molar-refractivity contribution in [3.8, 4) is 0 Å². The third-order valence-corrected chi connectivity index (χ3v) is 1.47. The molecule has 2 fully saturated rings. The van der Waals surface area contributed by atoms with Crippen molar-refractivity contribution in [1.82, 2.24) is 5.32 Å². The molecule has 2 unspecified atom stereocenters. The average molecular weight is 101 g/mol. The number of quaternary nitrogens is 1. The van der Waals surface area contributed by atoms with Gasteiger partial charge in [-0.05, 0) is 0 Å². The number of nitrogens with one attached hydrogen (secondary N) is 2. The Balaban J connectivity index is 1.95. The number of hydrogen-bond donors (Lipinski definition) is 2. The summed E-state index contributed by atoms with van der Waals surface area (Å²) >= 11 is 0. The van der Waals surface area contributed by atoms with Crippen LogP contribution < -0.4 is 10.4 Å². The van der Waals surface area contributed by atoms with Gasteiger partial charge < -0.3 is 5.32 Å². The fourth-order valence-corrected chi connectivity index (χ4v) is 0.969. The summed E-state index contributed by atoms with van der Waals surface area (Å²) in [6.45, 7) is 3.31. The van der Waals surface area contributed by atoms with E-state index < -0.39 is 0 Å². The van der Waals surface area contributed by atoms with Crippen molar-refractivity contribution in [2.24, 2.45) is 0 Å². The molecule has 2 aliphatic heterocycles. The van der Waals surface area contributed by atoms with Crippen LogP contribution in [0.2, 0.25) is 0 Å². The summed E-state index contributed by atoms with van der Waals surface area (Å²) in [4.78, 5) is 5.13. The molecule has 2 aliphatic rings. The van der Waals surface area contributed by atoms with Crippen LogP contribution in [0.4, 0.5) is 0 Å². The maximum atomic E-state index is 5.13. The number of rotatable bonds is 0. The zero-order valence-electron chi connectivity index (χ0n) is 4.11. The van der Waals surface area contributed by atoms with Crippen molar-refractivity contribution in [2.45, 2.75) is 6.23 Å². The lowest BCUT2D eigenvalue weighted by atomic mass is 10.4. The molecule has 0 aliphatic carbocycles. The number of piperazine rings is 1. The maximum Gasteiger partial charge on any atom is 0.285 e. The summed E-state index contributed by atoms with van der Waals surface area (Å²) < 4.78 is 0. The standard InChI is InChI=1S/C4H8N2O/c1-2-6-4(7-6)3-5-1/h4-5H,1-3H2/p+1. The highest BCUT2D eigenvalue weighted by Crippen LogP contribution is 1.90. The molecule has 0 bridgehead atoms. The molecule has 7 heavy (non-hydrogen) atoms. The lowest BCUT2D eigenvalue weighted by molar-refractivity contribution is -0.894. The molecule has 0 saturated carbocycles. The van der Waals surface area contributed by atoms with Gasteiger partial charge in [0.25, 0.3) is 6.23 Å². The number of fused-ring (bicyclic) bond motifs is 1. The summed E-state index contributed by atoms with van der Waals surface area (Å²) in [6, 6.07) is 0. The van der Waals surface area contributed by atoms with Crippen molar-refractivity contribution >= 4 is 0 Å². The van der Waals surface area contributed by atoms with Crippen molar-refractivity contribution in [3.63, 3.8) is 0 Å². The van der Waals surface area contributed by atoms with Crippen LogP contribution in [-0.2, 0) is 4.84 Å². The lowest BCUT2D eigenvalue weighted by Crippen LogP contribution is -2.97. The Bertz CT molecular complexity index is 75.8. The van der Waals surface area contributed by atoms with Gasteiger partial charge in [-0.1, -0.05) is 0 Å². The molecule has 0 spiro atoms. The fraction of sp³-hybridized carbons (Fsp3) is 1.00. The van der Waals surface area contributed by atoms with Crippen molar-refractivity contribution < 1.29 is 9.90 Å². The zero-order valence-corrected chi connectivity index (χ0v) is 4.11. The first-order valence-electron chi connectivity index (χ1n) is 2.70. The molecule has 2 heterocycles. The highest BCUT2D eigenvalue weighted by Gasteiger charge is 2.45.